The van der Waals surface area contributed by atoms with E-state index in [4.69, 9.17) is 15.3 Å². The number of esters is 1. The van der Waals surface area contributed by atoms with Crippen molar-refractivity contribution in [1.82, 2.24) is 14.1 Å². The fourth-order valence-corrected chi connectivity index (χ4v) is 1.63. The van der Waals surface area contributed by atoms with Crippen molar-refractivity contribution in [2.75, 3.05) is 7.11 Å². The van der Waals surface area contributed by atoms with Gasteiger partial charge in [0.25, 0.3) is 5.97 Å². The third-order valence-electron chi connectivity index (χ3n) is 2.82. The van der Waals surface area contributed by atoms with Crippen LogP contribution in [0.15, 0.2) is 20.0 Å². The second-order valence-corrected chi connectivity index (χ2v) is 4.42. The molecule has 0 saturated carbocycles. The van der Waals surface area contributed by atoms with Crippen LogP contribution in [-0.2, 0) is 16.1 Å². The molecule has 0 atom stereocenters. The van der Waals surface area contributed by atoms with E-state index in [9.17, 15) is 19.2 Å². The molecule has 0 aliphatic rings. The lowest BCUT2D eigenvalue weighted by atomic mass is 10.2. The van der Waals surface area contributed by atoms with Gasteiger partial charge in [-0.1, -0.05) is 0 Å². The predicted octanol–water partition coefficient (Wildman–Crippen LogP) is -3.25. The quantitative estimate of drug-likeness (QED) is 0.255. The number of ether oxygens (including phenoxy) is 1. The number of hydrogen-bond acceptors (Lipinski definition) is 8. The van der Waals surface area contributed by atoms with Crippen molar-refractivity contribution in [3.63, 3.8) is 0 Å². The Balaban J connectivity index is 3.69. The van der Waals surface area contributed by atoms with E-state index in [0.29, 0.717) is 4.57 Å². The molecule has 0 bridgehead atoms. The first-order valence-electron chi connectivity index (χ1n) is 5.89. The van der Waals surface area contributed by atoms with Gasteiger partial charge >= 0.3 is 23.0 Å². The zero-order valence-electron chi connectivity index (χ0n) is 12.0. The zero-order valence-corrected chi connectivity index (χ0v) is 12.0. The van der Waals surface area contributed by atoms with E-state index in [2.05, 4.69) is 4.74 Å². The first-order valence-corrected chi connectivity index (χ1v) is 5.89. The Morgan fingerprint density at radius 3 is 2.18 bits per heavy atom. The van der Waals surface area contributed by atoms with Crippen LogP contribution < -0.4 is 17.1 Å². The molecule has 1 aromatic rings. The first kappa shape index (κ1) is 17.6. The molecule has 0 fully saturated rings. The van der Waals surface area contributed by atoms with E-state index in [1.54, 1.807) is 4.98 Å². The number of methoxy groups -OCH3 is 1. The minimum Gasteiger partial charge on any atom is -0.466 e. The number of rotatable bonds is 4. The highest BCUT2D eigenvalue weighted by atomic mass is 16.7. The maximum absolute atomic E-state index is 12.1. The standard InChI is InChI=1S/C11H15N3O8/c1-5(7(15)22-3)6(2)14-9(17)12-8(16)13(10(14)18)4-11(19,20)21/h19-21H,4H2,1-3H3,(H,12,16,17). The fraction of sp³-hybridized carbons (Fsp3) is 0.455. The van der Waals surface area contributed by atoms with Crippen LogP contribution in [-0.4, -0.2) is 48.5 Å². The summed E-state index contributed by atoms with van der Waals surface area (Å²) in [6.45, 7) is 1.34. The molecular formula is C11H15N3O8. The van der Waals surface area contributed by atoms with Crippen molar-refractivity contribution in [3.05, 3.63) is 37.0 Å². The Morgan fingerprint density at radius 2 is 1.73 bits per heavy atom. The molecule has 0 aromatic carbocycles. The first-order chi connectivity index (χ1) is 9.99. The Labute approximate surface area is 122 Å². The Bertz CT molecular complexity index is 789. The molecule has 0 spiro atoms. The normalized spacial score (nSPS) is 12.8. The molecule has 22 heavy (non-hydrogen) atoms. The van der Waals surface area contributed by atoms with Gasteiger partial charge in [0.2, 0.25) is 0 Å². The monoisotopic (exact) mass is 317 g/mol. The molecule has 0 unspecified atom stereocenters. The Hall–Kier alpha value is -2.50. The Kier molecular flexibility index (Phi) is 4.86. The molecule has 0 saturated heterocycles. The summed E-state index contributed by atoms with van der Waals surface area (Å²) in [7, 11) is 1.10. The summed E-state index contributed by atoms with van der Waals surface area (Å²) in [5.74, 6) is -4.14. The molecule has 11 nitrogen and oxygen atoms in total. The zero-order chi connectivity index (χ0) is 17.2. The topological polar surface area (TPSA) is 164 Å². The highest BCUT2D eigenvalue weighted by Gasteiger charge is 2.24. The van der Waals surface area contributed by atoms with Crippen molar-refractivity contribution in [1.29, 1.82) is 0 Å². The molecule has 1 heterocycles. The average molecular weight is 317 g/mol. The van der Waals surface area contributed by atoms with Crippen LogP contribution in [0.4, 0.5) is 0 Å². The van der Waals surface area contributed by atoms with E-state index in [0.717, 1.165) is 7.11 Å². The summed E-state index contributed by atoms with van der Waals surface area (Å²) in [5, 5.41) is 26.6. The van der Waals surface area contributed by atoms with Crippen molar-refractivity contribution < 1.29 is 24.9 Å². The van der Waals surface area contributed by atoms with Gasteiger partial charge < -0.3 is 20.1 Å². The van der Waals surface area contributed by atoms with Crippen LogP contribution in [0, 0.1) is 0 Å². The van der Waals surface area contributed by atoms with Crippen LogP contribution in [0.25, 0.3) is 5.70 Å². The minimum atomic E-state index is -3.34. The van der Waals surface area contributed by atoms with Gasteiger partial charge in [-0.2, -0.15) is 0 Å². The molecule has 0 amide bonds. The number of allylic oxidation sites excluding steroid dienone is 1. The number of carbonyl (C=O) groups is 1. The summed E-state index contributed by atoms with van der Waals surface area (Å²) in [4.78, 5) is 48.6. The van der Waals surface area contributed by atoms with Gasteiger partial charge in [0.1, 0.15) is 6.54 Å². The molecule has 4 N–H and O–H groups in total. The molecular weight excluding hydrogens is 302 g/mol. The van der Waals surface area contributed by atoms with Crippen molar-refractivity contribution in [2.45, 2.75) is 26.4 Å². The van der Waals surface area contributed by atoms with E-state index in [1.807, 2.05) is 0 Å². The molecule has 0 aliphatic heterocycles. The number of nitrogens with one attached hydrogen (secondary N) is 1. The fourth-order valence-electron chi connectivity index (χ4n) is 1.63. The summed E-state index contributed by atoms with van der Waals surface area (Å²) < 4.78 is 5.08. The number of aromatic amines is 1. The lowest BCUT2D eigenvalue weighted by Gasteiger charge is -2.16. The third kappa shape index (κ3) is 3.58. The van der Waals surface area contributed by atoms with Gasteiger partial charge in [-0.25, -0.2) is 28.3 Å². The molecule has 0 radical (unpaired) electrons. The molecule has 122 valence electrons. The number of carbonyl (C=O) groups excluding carboxylic acids is 1. The number of H-pyrrole nitrogens is 1. The van der Waals surface area contributed by atoms with Crippen LogP contribution in [0.2, 0.25) is 0 Å². The SMILES string of the molecule is COC(=O)C(C)=C(C)n1c(=O)[nH]c(=O)n(CC(O)(O)O)c1=O. The molecule has 1 aromatic heterocycles. The second kappa shape index (κ2) is 6.09. The van der Waals surface area contributed by atoms with Crippen molar-refractivity contribution in [3.8, 4) is 0 Å². The van der Waals surface area contributed by atoms with E-state index < -0.39 is 35.6 Å². The third-order valence-corrected chi connectivity index (χ3v) is 2.82. The summed E-state index contributed by atoms with van der Waals surface area (Å²) >= 11 is 0. The maximum Gasteiger partial charge on any atom is 0.340 e. The summed E-state index contributed by atoms with van der Waals surface area (Å²) in [6, 6.07) is 0. The smallest absolute Gasteiger partial charge is 0.340 e. The number of nitrogens with zero attached hydrogens (tertiary/aromatic N) is 2. The largest absolute Gasteiger partial charge is 0.466 e. The average Bonchev–Trinajstić information content (AvgIpc) is 2.40. The summed E-state index contributed by atoms with van der Waals surface area (Å²) in [6.07, 6.45) is 0. The number of aliphatic hydroxyl groups is 3. The van der Waals surface area contributed by atoms with Crippen LogP contribution in [0.3, 0.4) is 0 Å². The van der Waals surface area contributed by atoms with Crippen molar-refractivity contribution in [2.24, 2.45) is 0 Å². The van der Waals surface area contributed by atoms with Gasteiger partial charge in [0.15, 0.2) is 0 Å². The number of aromatic nitrogens is 3. The van der Waals surface area contributed by atoms with E-state index >= 15 is 0 Å². The second-order valence-electron chi connectivity index (χ2n) is 4.42. The minimum absolute atomic E-state index is 0.0800. The van der Waals surface area contributed by atoms with Gasteiger partial charge in [-0.3, -0.25) is 4.98 Å². The van der Waals surface area contributed by atoms with Gasteiger partial charge in [-0.15, -0.1) is 0 Å². The maximum atomic E-state index is 12.1. The van der Waals surface area contributed by atoms with Gasteiger partial charge in [-0.05, 0) is 13.8 Å². The van der Waals surface area contributed by atoms with Crippen LogP contribution >= 0.6 is 0 Å². The van der Waals surface area contributed by atoms with Gasteiger partial charge in [0.05, 0.1) is 12.7 Å². The van der Waals surface area contributed by atoms with Crippen LogP contribution in [0.5, 0.6) is 0 Å². The van der Waals surface area contributed by atoms with E-state index in [1.165, 1.54) is 13.8 Å². The summed E-state index contributed by atoms with van der Waals surface area (Å²) in [5.41, 5.74) is -3.87. The molecule has 0 aliphatic carbocycles. The molecule has 11 heteroatoms. The van der Waals surface area contributed by atoms with Crippen molar-refractivity contribution >= 4 is 11.7 Å². The molecule has 1 rings (SSSR count). The lowest BCUT2D eigenvalue weighted by Crippen LogP contribution is -2.52. The lowest BCUT2D eigenvalue weighted by molar-refractivity contribution is -0.319. The number of hydrogen-bond donors (Lipinski definition) is 4. The highest BCUT2D eigenvalue weighted by Crippen LogP contribution is 2.07. The van der Waals surface area contributed by atoms with Gasteiger partial charge in [0, 0.05) is 5.70 Å². The highest BCUT2D eigenvalue weighted by molar-refractivity contribution is 5.93. The van der Waals surface area contributed by atoms with Crippen LogP contribution in [0.1, 0.15) is 13.8 Å². The predicted molar refractivity (Wildman–Crippen MR) is 71.6 cm³/mol. The van der Waals surface area contributed by atoms with E-state index in [-0.39, 0.29) is 15.8 Å². The Morgan fingerprint density at radius 1 is 1.18 bits per heavy atom.